The van der Waals surface area contributed by atoms with Crippen LogP contribution < -0.4 is 9.47 Å². The Bertz CT molecular complexity index is 527. The molecule has 2 aromatic carbocycles. The summed E-state index contributed by atoms with van der Waals surface area (Å²) in [6.07, 6.45) is 0. The first kappa shape index (κ1) is 13.3. The second-order valence-corrected chi connectivity index (χ2v) is 4.10. The molecule has 100 valence electrons. The fourth-order valence-corrected chi connectivity index (χ4v) is 1.66. The van der Waals surface area contributed by atoms with Crippen LogP contribution in [0.25, 0.3) is 0 Å². The van der Waals surface area contributed by atoms with E-state index in [1.807, 2.05) is 37.3 Å². The molecule has 0 aromatic heterocycles. The highest BCUT2D eigenvalue weighted by atomic mass is 19.3. The van der Waals surface area contributed by atoms with Crippen LogP contribution >= 0.6 is 0 Å². The van der Waals surface area contributed by atoms with E-state index in [1.165, 1.54) is 6.07 Å². The number of rotatable bonds is 5. The second-order valence-electron chi connectivity index (χ2n) is 4.10. The molecule has 0 fully saturated rings. The van der Waals surface area contributed by atoms with Crippen molar-refractivity contribution >= 4 is 0 Å². The van der Waals surface area contributed by atoms with Gasteiger partial charge < -0.3 is 9.47 Å². The van der Waals surface area contributed by atoms with Gasteiger partial charge in [-0.25, -0.2) is 0 Å². The molecule has 2 rings (SSSR count). The van der Waals surface area contributed by atoms with Crippen LogP contribution in [0.15, 0.2) is 48.5 Å². The van der Waals surface area contributed by atoms with Crippen molar-refractivity contribution in [2.75, 3.05) is 0 Å². The minimum atomic E-state index is -2.86. The predicted octanol–water partition coefficient (Wildman–Crippen LogP) is 4.18. The molecule has 0 amide bonds. The summed E-state index contributed by atoms with van der Waals surface area (Å²) in [5.41, 5.74) is 1.89. The number of hydrogen-bond acceptors (Lipinski definition) is 2. The summed E-state index contributed by atoms with van der Waals surface area (Å²) >= 11 is 0. The topological polar surface area (TPSA) is 18.5 Å². The molecule has 0 unspecified atom stereocenters. The maximum Gasteiger partial charge on any atom is 0.387 e. The summed E-state index contributed by atoms with van der Waals surface area (Å²) in [6.45, 7) is -0.687. The molecule has 0 N–H and O–H groups in total. The van der Waals surface area contributed by atoms with Crippen LogP contribution in [0, 0.1) is 6.92 Å². The second kappa shape index (κ2) is 6.18. The Hall–Kier alpha value is -2.10. The van der Waals surface area contributed by atoms with Crippen molar-refractivity contribution in [2.24, 2.45) is 0 Å². The van der Waals surface area contributed by atoms with Crippen LogP contribution in [0.5, 0.6) is 11.5 Å². The smallest absolute Gasteiger partial charge is 0.387 e. The zero-order valence-corrected chi connectivity index (χ0v) is 10.5. The number of aryl methyl sites for hydroxylation is 1. The van der Waals surface area contributed by atoms with Crippen LogP contribution in [-0.4, -0.2) is 6.61 Å². The van der Waals surface area contributed by atoms with Crippen LogP contribution in [0.2, 0.25) is 0 Å². The van der Waals surface area contributed by atoms with Crippen LogP contribution in [0.4, 0.5) is 8.78 Å². The highest BCUT2D eigenvalue weighted by molar-refractivity contribution is 5.42. The van der Waals surface area contributed by atoms with E-state index >= 15 is 0 Å². The third-order valence-corrected chi connectivity index (χ3v) is 2.55. The number of alkyl halides is 2. The maximum absolute atomic E-state index is 12.3. The lowest BCUT2D eigenvalue weighted by Gasteiger charge is -2.12. The normalized spacial score (nSPS) is 10.5. The number of benzene rings is 2. The van der Waals surface area contributed by atoms with Gasteiger partial charge in [-0.05, 0) is 30.2 Å². The van der Waals surface area contributed by atoms with Gasteiger partial charge in [-0.1, -0.05) is 36.4 Å². The number of ether oxygens (including phenoxy) is 2. The molecule has 0 atom stereocenters. The van der Waals surface area contributed by atoms with E-state index in [0.29, 0.717) is 12.4 Å². The highest BCUT2D eigenvalue weighted by Gasteiger charge is 2.11. The highest BCUT2D eigenvalue weighted by Crippen LogP contribution is 2.30. The molecule has 0 aliphatic heterocycles. The molecule has 19 heavy (non-hydrogen) atoms. The Morgan fingerprint density at radius 3 is 2.42 bits per heavy atom. The maximum atomic E-state index is 12.3. The first-order valence-corrected chi connectivity index (χ1v) is 5.87. The fourth-order valence-electron chi connectivity index (χ4n) is 1.66. The summed E-state index contributed by atoms with van der Waals surface area (Å²) in [5, 5.41) is 0. The molecule has 4 heteroatoms. The minimum absolute atomic E-state index is 0.0523. The van der Waals surface area contributed by atoms with Crippen molar-refractivity contribution in [2.45, 2.75) is 20.1 Å². The van der Waals surface area contributed by atoms with Gasteiger partial charge in [0.2, 0.25) is 0 Å². The summed E-state index contributed by atoms with van der Waals surface area (Å²) in [6, 6.07) is 14.4. The van der Waals surface area contributed by atoms with Crippen LogP contribution in [0.3, 0.4) is 0 Å². The lowest BCUT2D eigenvalue weighted by atomic mass is 10.2. The molecule has 0 bridgehead atoms. The van der Waals surface area contributed by atoms with Gasteiger partial charge >= 0.3 is 6.61 Å². The third kappa shape index (κ3) is 3.95. The summed E-state index contributed by atoms with van der Waals surface area (Å²) in [4.78, 5) is 0. The summed E-state index contributed by atoms with van der Waals surface area (Å²) < 4.78 is 34.6. The average Bonchev–Trinajstić information content (AvgIpc) is 2.40. The van der Waals surface area contributed by atoms with Gasteiger partial charge in [0.15, 0.2) is 11.5 Å². The van der Waals surface area contributed by atoms with Gasteiger partial charge in [0.25, 0.3) is 0 Å². The first-order chi connectivity index (χ1) is 9.15. The molecule has 0 heterocycles. The zero-order valence-electron chi connectivity index (χ0n) is 10.5. The van der Waals surface area contributed by atoms with Crippen molar-refractivity contribution in [3.8, 4) is 11.5 Å². The van der Waals surface area contributed by atoms with Gasteiger partial charge in [-0.2, -0.15) is 8.78 Å². The first-order valence-electron chi connectivity index (χ1n) is 5.87. The van der Waals surface area contributed by atoms with Crippen molar-refractivity contribution in [3.05, 3.63) is 59.7 Å². The Morgan fingerprint density at radius 2 is 1.74 bits per heavy atom. The lowest BCUT2D eigenvalue weighted by molar-refractivity contribution is -0.0516. The standard InChI is InChI=1S/C15H14F2O2/c1-11-7-8-13(19-15(16)17)14(9-11)18-10-12-5-3-2-4-6-12/h2-9,15H,10H2,1H3. The molecule has 0 aliphatic carbocycles. The Balaban J connectivity index is 2.12. The Labute approximate surface area is 110 Å². The lowest BCUT2D eigenvalue weighted by Crippen LogP contribution is -2.05. The fraction of sp³-hybridized carbons (Fsp3) is 0.200. The van der Waals surface area contributed by atoms with E-state index in [0.717, 1.165) is 11.1 Å². The Kier molecular flexibility index (Phi) is 4.34. The molecule has 0 saturated heterocycles. The van der Waals surface area contributed by atoms with Gasteiger partial charge in [-0.3, -0.25) is 0 Å². The molecular weight excluding hydrogens is 250 g/mol. The molecule has 0 aliphatic rings. The van der Waals surface area contributed by atoms with Gasteiger partial charge in [0.1, 0.15) is 6.61 Å². The van der Waals surface area contributed by atoms with Crippen LogP contribution in [-0.2, 0) is 6.61 Å². The predicted molar refractivity (Wildman–Crippen MR) is 68.6 cm³/mol. The molecule has 0 saturated carbocycles. The van der Waals surface area contributed by atoms with Crippen molar-refractivity contribution in [1.82, 2.24) is 0 Å². The van der Waals surface area contributed by atoms with E-state index in [-0.39, 0.29) is 5.75 Å². The SMILES string of the molecule is Cc1ccc(OC(F)F)c(OCc2ccccc2)c1. The van der Waals surface area contributed by atoms with E-state index in [9.17, 15) is 8.78 Å². The third-order valence-electron chi connectivity index (χ3n) is 2.55. The number of hydrogen-bond donors (Lipinski definition) is 0. The van der Waals surface area contributed by atoms with E-state index < -0.39 is 6.61 Å². The van der Waals surface area contributed by atoms with E-state index in [2.05, 4.69) is 4.74 Å². The minimum Gasteiger partial charge on any atom is -0.485 e. The number of halogens is 2. The molecule has 0 radical (unpaired) electrons. The molecular formula is C15H14F2O2. The van der Waals surface area contributed by atoms with Gasteiger partial charge in [-0.15, -0.1) is 0 Å². The van der Waals surface area contributed by atoms with Gasteiger partial charge in [0, 0.05) is 0 Å². The van der Waals surface area contributed by atoms with Crippen molar-refractivity contribution in [3.63, 3.8) is 0 Å². The Morgan fingerprint density at radius 1 is 1.00 bits per heavy atom. The van der Waals surface area contributed by atoms with E-state index in [4.69, 9.17) is 4.74 Å². The van der Waals surface area contributed by atoms with Gasteiger partial charge in [0.05, 0.1) is 0 Å². The van der Waals surface area contributed by atoms with Crippen molar-refractivity contribution < 1.29 is 18.3 Å². The average molecular weight is 264 g/mol. The van der Waals surface area contributed by atoms with E-state index in [1.54, 1.807) is 12.1 Å². The molecule has 2 nitrogen and oxygen atoms in total. The zero-order chi connectivity index (χ0) is 13.7. The summed E-state index contributed by atoms with van der Waals surface area (Å²) in [7, 11) is 0. The largest absolute Gasteiger partial charge is 0.485 e. The molecule has 0 spiro atoms. The summed E-state index contributed by atoms with van der Waals surface area (Å²) in [5.74, 6) is 0.376. The molecule has 2 aromatic rings. The van der Waals surface area contributed by atoms with Crippen LogP contribution in [0.1, 0.15) is 11.1 Å². The van der Waals surface area contributed by atoms with Crippen molar-refractivity contribution in [1.29, 1.82) is 0 Å². The quantitative estimate of drug-likeness (QED) is 0.806. The monoisotopic (exact) mass is 264 g/mol.